The lowest BCUT2D eigenvalue weighted by Gasteiger charge is -2.20. The van der Waals surface area contributed by atoms with Crippen molar-refractivity contribution in [1.29, 1.82) is 0 Å². The Morgan fingerprint density at radius 1 is 0.794 bits per heavy atom. The zero-order valence-electron chi connectivity index (χ0n) is 17.4. The monoisotopic (exact) mass is 464 g/mol. The Hall–Kier alpha value is -4.80. The van der Waals surface area contributed by atoms with Crippen LogP contribution in [-0.2, 0) is 33.5 Å². The fraction of sp³-hybridized carbons (Fsp3) is 0.130. The quantitative estimate of drug-likeness (QED) is 0.358. The summed E-state index contributed by atoms with van der Waals surface area (Å²) in [5.74, 6) is -3.46. The van der Waals surface area contributed by atoms with Crippen molar-refractivity contribution >= 4 is 41.4 Å². The lowest BCUT2D eigenvalue weighted by Crippen LogP contribution is -2.33. The van der Waals surface area contributed by atoms with E-state index in [-0.39, 0.29) is 29.7 Å². The van der Waals surface area contributed by atoms with E-state index in [0.717, 1.165) is 17.1 Å². The maximum absolute atomic E-state index is 12.8. The molecule has 2 aromatic rings. The van der Waals surface area contributed by atoms with Gasteiger partial charge in [0.25, 0.3) is 29.9 Å². The maximum atomic E-state index is 12.8. The minimum Gasteiger partial charge on any atom is -0.417 e. The van der Waals surface area contributed by atoms with Crippen molar-refractivity contribution < 1.29 is 43.1 Å². The largest absolute Gasteiger partial charge is 0.537 e. The Bertz CT molecular complexity index is 1190. The number of hydrogen-bond acceptors (Lipinski definition) is 9. The highest BCUT2D eigenvalue weighted by Crippen LogP contribution is 2.25. The molecule has 4 amide bonds. The molecule has 0 aliphatic carbocycles. The van der Waals surface area contributed by atoms with E-state index >= 15 is 0 Å². The van der Waals surface area contributed by atoms with E-state index in [1.807, 2.05) is 0 Å². The number of rotatable bonds is 6. The molecule has 2 aliphatic rings. The second-order valence-corrected chi connectivity index (χ2v) is 7.08. The number of carbonyl (C=O) groups excluding carboxylic acids is 6. The number of anilines is 1. The minimum atomic E-state index is -1.59. The van der Waals surface area contributed by atoms with Crippen molar-refractivity contribution in [1.82, 2.24) is 5.06 Å². The molecule has 1 atom stereocenters. The van der Waals surface area contributed by atoms with Crippen molar-refractivity contribution in [2.45, 2.75) is 19.1 Å². The first-order chi connectivity index (χ1) is 16.3. The van der Waals surface area contributed by atoms with Gasteiger partial charge in [-0.1, -0.05) is 41.5 Å². The van der Waals surface area contributed by atoms with Gasteiger partial charge in [0.2, 0.25) is 0 Å². The van der Waals surface area contributed by atoms with Gasteiger partial charge in [-0.15, -0.1) is 0 Å². The molecule has 172 valence electrons. The van der Waals surface area contributed by atoms with E-state index in [0.29, 0.717) is 5.06 Å². The molecule has 2 aliphatic heterocycles. The van der Waals surface area contributed by atoms with Crippen LogP contribution in [0.15, 0.2) is 66.7 Å². The molecule has 1 fully saturated rings. The molecule has 1 saturated heterocycles. The number of hydroxylamine groups is 2. The molecule has 0 N–H and O–H groups in total. The van der Waals surface area contributed by atoms with Crippen LogP contribution in [0.2, 0.25) is 0 Å². The summed E-state index contributed by atoms with van der Waals surface area (Å²) in [5, 5.41) is 0.299. The van der Waals surface area contributed by atoms with Gasteiger partial charge in [0.05, 0.1) is 11.3 Å². The third-order valence-corrected chi connectivity index (χ3v) is 4.81. The van der Waals surface area contributed by atoms with E-state index in [9.17, 15) is 28.8 Å². The van der Waals surface area contributed by atoms with Crippen molar-refractivity contribution in [3.63, 3.8) is 0 Å². The Morgan fingerprint density at radius 3 is 2.09 bits per heavy atom. The van der Waals surface area contributed by atoms with Crippen LogP contribution in [0.5, 0.6) is 0 Å². The standard InChI is InChI=1S/C23H16N2O9/c26-17-9-10-18(27)24(17)16-8-4-7-15(13-16)21(30)32-22(14-5-2-1-3-6-14)33-23(31)34-25-19(28)11-12-20(25)29/h1-10,13,22H,11-12H2. The second kappa shape index (κ2) is 9.36. The molecule has 1 unspecified atom stereocenters. The smallest absolute Gasteiger partial charge is 0.417 e. The predicted molar refractivity (Wildman–Crippen MR) is 111 cm³/mol. The van der Waals surface area contributed by atoms with Crippen molar-refractivity contribution in [3.05, 3.63) is 77.9 Å². The first kappa shape index (κ1) is 22.4. The lowest BCUT2D eigenvalue weighted by molar-refractivity contribution is -0.185. The molecule has 4 rings (SSSR count). The summed E-state index contributed by atoms with van der Waals surface area (Å²) >= 11 is 0. The Labute approximate surface area is 192 Å². The fourth-order valence-electron chi connectivity index (χ4n) is 3.20. The molecule has 0 saturated carbocycles. The highest BCUT2D eigenvalue weighted by Gasteiger charge is 2.35. The zero-order valence-corrected chi connectivity index (χ0v) is 17.4. The number of amides is 4. The third-order valence-electron chi connectivity index (χ3n) is 4.81. The van der Waals surface area contributed by atoms with E-state index in [1.54, 1.807) is 18.2 Å². The van der Waals surface area contributed by atoms with Gasteiger partial charge >= 0.3 is 12.1 Å². The first-order valence-electron chi connectivity index (χ1n) is 10.00. The Morgan fingerprint density at radius 2 is 1.44 bits per heavy atom. The summed E-state index contributed by atoms with van der Waals surface area (Å²) in [7, 11) is 0. The van der Waals surface area contributed by atoms with Gasteiger partial charge in [0.1, 0.15) is 0 Å². The highest BCUT2D eigenvalue weighted by molar-refractivity contribution is 6.28. The lowest BCUT2D eigenvalue weighted by atomic mass is 10.2. The van der Waals surface area contributed by atoms with E-state index < -0.39 is 42.0 Å². The molecule has 0 spiro atoms. The fourth-order valence-corrected chi connectivity index (χ4v) is 3.20. The maximum Gasteiger partial charge on any atom is 0.537 e. The molecule has 2 heterocycles. The van der Waals surface area contributed by atoms with Crippen LogP contribution in [0, 0.1) is 0 Å². The van der Waals surface area contributed by atoms with Gasteiger partial charge in [0.15, 0.2) is 0 Å². The SMILES string of the molecule is O=C(OC(OC(=O)c1cccc(N2C(=O)C=CC2=O)c1)c1ccccc1)ON1C(=O)CCC1=O. The van der Waals surface area contributed by atoms with Gasteiger partial charge in [-0.05, 0) is 18.2 Å². The summed E-state index contributed by atoms with van der Waals surface area (Å²) in [6.45, 7) is 0. The summed E-state index contributed by atoms with van der Waals surface area (Å²) in [4.78, 5) is 77.7. The van der Waals surface area contributed by atoms with Crippen molar-refractivity contribution in [2.75, 3.05) is 4.90 Å². The van der Waals surface area contributed by atoms with Crippen LogP contribution < -0.4 is 4.90 Å². The number of benzene rings is 2. The van der Waals surface area contributed by atoms with Crippen LogP contribution in [0.3, 0.4) is 0 Å². The zero-order chi connectivity index (χ0) is 24.2. The molecule has 0 bridgehead atoms. The molecule has 0 radical (unpaired) electrons. The number of esters is 1. The van der Waals surface area contributed by atoms with E-state index in [4.69, 9.17) is 9.47 Å². The van der Waals surface area contributed by atoms with Gasteiger partial charge in [0, 0.05) is 30.6 Å². The van der Waals surface area contributed by atoms with Gasteiger partial charge in [-0.2, -0.15) is 0 Å². The van der Waals surface area contributed by atoms with Crippen LogP contribution in [0.1, 0.15) is 35.1 Å². The highest BCUT2D eigenvalue weighted by atomic mass is 16.9. The number of hydrogen-bond donors (Lipinski definition) is 0. The number of ether oxygens (including phenoxy) is 2. The number of imide groups is 2. The molecule has 11 heteroatoms. The molecule has 2 aromatic carbocycles. The molecule has 0 aromatic heterocycles. The third kappa shape index (κ3) is 4.67. The Kier molecular flexibility index (Phi) is 6.17. The minimum absolute atomic E-state index is 0.0344. The molecular formula is C23H16N2O9. The van der Waals surface area contributed by atoms with Gasteiger partial charge < -0.3 is 9.47 Å². The van der Waals surface area contributed by atoms with Gasteiger partial charge in [-0.3, -0.25) is 24.0 Å². The summed E-state index contributed by atoms with van der Waals surface area (Å²) in [5.41, 5.74) is 0.377. The van der Waals surface area contributed by atoms with Crippen LogP contribution in [0.4, 0.5) is 10.5 Å². The average Bonchev–Trinajstić information content (AvgIpc) is 3.34. The van der Waals surface area contributed by atoms with Crippen LogP contribution in [0.25, 0.3) is 0 Å². The Balaban J connectivity index is 1.51. The normalized spacial score (nSPS) is 16.1. The summed E-state index contributed by atoms with van der Waals surface area (Å²) in [6.07, 6.45) is -1.01. The van der Waals surface area contributed by atoms with E-state index in [1.165, 1.54) is 36.4 Å². The summed E-state index contributed by atoms with van der Waals surface area (Å²) in [6, 6.07) is 13.5. The molecular weight excluding hydrogens is 448 g/mol. The molecule has 11 nitrogen and oxygen atoms in total. The number of carbonyl (C=O) groups is 6. The molecule has 34 heavy (non-hydrogen) atoms. The first-order valence-corrected chi connectivity index (χ1v) is 10.00. The van der Waals surface area contributed by atoms with Crippen LogP contribution >= 0.6 is 0 Å². The topological polar surface area (TPSA) is 137 Å². The summed E-state index contributed by atoms with van der Waals surface area (Å²) < 4.78 is 10.4. The average molecular weight is 464 g/mol. The number of nitrogens with zero attached hydrogens (tertiary/aromatic N) is 2. The van der Waals surface area contributed by atoms with Crippen molar-refractivity contribution in [2.24, 2.45) is 0 Å². The predicted octanol–water partition coefficient (Wildman–Crippen LogP) is 2.19. The second-order valence-electron chi connectivity index (χ2n) is 7.08. The van der Waals surface area contributed by atoms with Crippen LogP contribution in [-0.4, -0.2) is 40.8 Å². The van der Waals surface area contributed by atoms with E-state index in [2.05, 4.69) is 4.84 Å². The van der Waals surface area contributed by atoms with Gasteiger partial charge in [-0.25, -0.2) is 14.5 Å². The van der Waals surface area contributed by atoms with Crippen molar-refractivity contribution in [3.8, 4) is 0 Å².